The van der Waals surface area contributed by atoms with Gasteiger partial charge < -0.3 is 9.47 Å². The van der Waals surface area contributed by atoms with Crippen molar-refractivity contribution >= 4 is 33.4 Å². The van der Waals surface area contributed by atoms with Gasteiger partial charge in [0.05, 0.1) is 29.3 Å². The van der Waals surface area contributed by atoms with E-state index in [9.17, 15) is 26.4 Å². The lowest BCUT2D eigenvalue weighted by molar-refractivity contribution is -0.274. The van der Waals surface area contributed by atoms with Crippen LogP contribution in [0.5, 0.6) is 5.75 Å². The highest BCUT2D eigenvalue weighted by Crippen LogP contribution is 2.59. The first-order chi connectivity index (χ1) is 16.6. The predicted octanol–water partition coefficient (Wildman–Crippen LogP) is 5.12. The first kappa shape index (κ1) is 24.3. The smallest absolute Gasteiger partial charge is 0.465 e. The third kappa shape index (κ3) is 4.26. The Morgan fingerprint density at radius 3 is 2.46 bits per heavy atom. The lowest BCUT2D eigenvalue weighted by Crippen LogP contribution is -2.50. The van der Waals surface area contributed by atoms with Gasteiger partial charge in [-0.15, -0.1) is 13.2 Å². The van der Waals surface area contributed by atoms with Crippen LogP contribution < -0.4 is 9.04 Å². The molecule has 2 aliphatic heterocycles. The number of fused-ring (bicyclic) bond motifs is 2. The molecule has 3 aliphatic rings. The molecular weight excluding hydrogens is 503 g/mol. The summed E-state index contributed by atoms with van der Waals surface area (Å²) in [5.74, 6) is 0.749. The molecule has 1 unspecified atom stereocenters. The van der Waals surface area contributed by atoms with E-state index in [0.29, 0.717) is 11.3 Å². The number of sulfonamides is 1. The number of anilines is 1. The van der Waals surface area contributed by atoms with Gasteiger partial charge in [0.25, 0.3) is 10.0 Å². The van der Waals surface area contributed by atoms with E-state index in [-0.39, 0.29) is 16.9 Å². The number of hydrogen-bond acceptors (Lipinski definition) is 6. The van der Waals surface area contributed by atoms with Gasteiger partial charge >= 0.3 is 12.3 Å². The van der Waals surface area contributed by atoms with Crippen LogP contribution in [0.3, 0.4) is 0 Å². The molecule has 1 aliphatic carbocycles. The number of methoxy groups -OCH3 is 1. The van der Waals surface area contributed by atoms with Crippen LogP contribution in [0.4, 0.5) is 18.9 Å². The van der Waals surface area contributed by atoms with Crippen molar-refractivity contribution < 1.29 is 35.9 Å². The van der Waals surface area contributed by atoms with Gasteiger partial charge in [-0.2, -0.15) is 11.8 Å². The average Bonchev–Trinajstić information content (AvgIpc) is 3.62. The number of benzene rings is 2. The molecule has 2 fully saturated rings. The predicted molar refractivity (Wildman–Crippen MR) is 125 cm³/mol. The Hall–Kier alpha value is -2.40. The topological polar surface area (TPSA) is 72.9 Å². The normalized spacial score (nSPS) is 21.6. The Morgan fingerprint density at radius 2 is 1.83 bits per heavy atom. The Morgan fingerprint density at radius 1 is 1.11 bits per heavy atom. The van der Waals surface area contributed by atoms with Crippen molar-refractivity contribution in [2.75, 3.05) is 22.9 Å². The second kappa shape index (κ2) is 8.62. The van der Waals surface area contributed by atoms with Crippen LogP contribution in [0.15, 0.2) is 47.4 Å². The molecule has 11 heteroatoms. The number of carbonyl (C=O) groups is 1. The van der Waals surface area contributed by atoms with Gasteiger partial charge in [0, 0.05) is 11.5 Å². The number of hydrogen-bond donors (Lipinski definition) is 0. The molecule has 188 valence electrons. The zero-order chi connectivity index (χ0) is 25.0. The standard InChI is InChI=1S/C24H24F3NO5S2/c1-32-22(29)16-7-8-20-19(13-16)23(9-11-34-12-10-23)21(15-5-6-15)28(20)35(30,31)18-4-2-3-17(14-18)33-24(25,26)27/h2-4,7-8,13-15,21H,5-6,9-12H2,1H3. The molecule has 2 aromatic carbocycles. The summed E-state index contributed by atoms with van der Waals surface area (Å²) in [4.78, 5) is 12.0. The largest absolute Gasteiger partial charge is 0.573 e. The third-order valence-electron chi connectivity index (χ3n) is 7.06. The molecule has 0 amide bonds. The summed E-state index contributed by atoms with van der Waals surface area (Å²) in [6.45, 7) is 0. The van der Waals surface area contributed by atoms with Gasteiger partial charge in [0.15, 0.2) is 0 Å². The molecule has 2 heterocycles. The van der Waals surface area contributed by atoms with Crippen molar-refractivity contribution in [2.24, 2.45) is 5.92 Å². The van der Waals surface area contributed by atoms with Crippen LogP contribution >= 0.6 is 11.8 Å². The lowest BCUT2D eigenvalue weighted by atomic mass is 9.70. The number of alkyl halides is 3. The summed E-state index contributed by atoms with van der Waals surface area (Å²) < 4.78 is 76.8. The van der Waals surface area contributed by atoms with E-state index in [1.807, 2.05) is 11.8 Å². The molecule has 0 aromatic heterocycles. The zero-order valence-corrected chi connectivity index (χ0v) is 20.5. The zero-order valence-electron chi connectivity index (χ0n) is 18.9. The molecule has 0 radical (unpaired) electrons. The highest BCUT2D eigenvalue weighted by Gasteiger charge is 2.59. The summed E-state index contributed by atoms with van der Waals surface area (Å²) in [7, 11) is -2.94. The fourth-order valence-corrected chi connectivity index (χ4v) is 8.54. The molecule has 35 heavy (non-hydrogen) atoms. The van der Waals surface area contributed by atoms with Crippen LogP contribution in [0.25, 0.3) is 0 Å². The van der Waals surface area contributed by atoms with Crippen molar-refractivity contribution in [1.29, 1.82) is 0 Å². The van der Waals surface area contributed by atoms with Crippen LogP contribution in [-0.2, 0) is 20.2 Å². The van der Waals surface area contributed by atoms with Gasteiger partial charge in [0.1, 0.15) is 5.75 Å². The maximum absolute atomic E-state index is 14.1. The molecule has 1 saturated heterocycles. The number of nitrogens with zero attached hydrogens (tertiary/aromatic N) is 1. The van der Waals surface area contributed by atoms with E-state index in [1.165, 1.54) is 29.6 Å². The monoisotopic (exact) mass is 527 g/mol. The SMILES string of the molecule is COC(=O)c1ccc2c(c1)C1(CCSCC1)C(C1CC1)N2S(=O)(=O)c1cccc(OC(F)(F)F)c1. The number of esters is 1. The summed E-state index contributed by atoms with van der Waals surface area (Å²) in [6, 6.07) is 9.05. The molecule has 5 rings (SSSR count). The number of rotatable bonds is 5. The molecule has 1 saturated carbocycles. The van der Waals surface area contributed by atoms with Gasteiger partial charge in [-0.3, -0.25) is 4.31 Å². The average molecular weight is 528 g/mol. The first-order valence-electron chi connectivity index (χ1n) is 11.3. The van der Waals surface area contributed by atoms with E-state index in [2.05, 4.69) is 4.74 Å². The Kier molecular flexibility index (Phi) is 5.98. The van der Waals surface area contributed by atoms with Crippen LogP contribution in [-0.4, -0.2) is 45.4 Å². The summed E-state index contributed by atoms with van der Waals surface area (Å²) >= 11 is 1.81. The highest BCUT2D eigenvalue weighted by molar-refractivity contribution is 7.99. The molecule has 0 bridgehead atoms. The van der Waals surface area contributed by atoms with Crippen molar-refractivity contribution in [3.8, 4) is 5.75 Å². The second-order valence-corrected chi connectivity index (χ2v) is 12.1. The van der Waals surface area contributed by atoms with E-state index >= 15 is 0 Å². The van der Waals surface area contributed by atoms with E-state index in [0.717, 1.165) is 54.9 Å². The van der Waals surface area contributed by atoms with Crippen molar-refractivity contribution in [3.63, 3.8) is 0 Å². The Balaban J connectivity index is 1.66. The Labute approximate surface area is 205 Å². The van der Waals surface area contributed by atoms with Crippen molar-refractivity contribution in [1.82, 2.24) is 0 Å². The highest BCUT2D eigenvalue weighted by atomic mass is 32.2. The molecule has 0 N–H and O–H groups in total. The maximum Gasteiger partial charge on any atom is 0.573 e. The summed E-state index contributed by atoms with van der Waals surface area (Å²) in [5.41, 5.74) is 1.14. The van der Waals surface area contributed by atoms with Gasteiger partial charge in [-0.25, -0.2) is 13.2 Å². The number of ether oxygens (including phenoxy) is 2. The molecule has 2 aromatic rings. The minimum Gasteiger partial charge on any atom is -0.465 e. The lowest BCUT2D eigenvalue weighted by Gasteiger charge is -2.41. The maximum atomic E-state index is 14.1. The van der Waals surface area contributed by atoms with Crippen molar-refractivity contribution in [3.05, 3.63) is 53.6 Å². The summed E-state index contributed by atoms with van der Waals surface area (Å²) in [6.07, 6.45) is -1.69. The minimum atomic E-state index is -4.94. The van der Waals surface area contributed by atoms with Gasteiger partial charge in [0.2, 0.25) is 0 Å². The quantitative estimate of drug-likeness (QED) is 0.503. The minimum absolute atomic E-state index is 0.136. The molecule has 1 atom stereocenters. The van der Waals surface area contributed by atoms with E-state index in [4.69, 9.17) is 4.74 Å². The second-order valence-electron chi connectivity index (χ2n) is 9.10. The van der Waals surface area contributed by atoms with Gasteiger partial charge in [-0.05, 0) is 79.0 Å². The van der Waals surface area contributed by atoms with Gasteiger partial charge in [-0.1, -0.05) is 6.07 Å². The van der Waals surface area contributed by atoms with E-state index < -0.39 is 33.5 Å². The number of thioether (sulfide) groups is 1. The fraction of sp³-hybridized carbons (Fsp3) is 0.458. The fourth-order valence-electron chi connectivity index (χ4n) is 5.49. The first-order valence-corrected chi connectivity index (χ1v) is 13.9. The van der Waals surface area contributed by atoms with Crippen LogP contribution in [0.2, 0.25) is 0 Å². The number of carbonyl (C=O) groups excluding carboxylic acids is 1. The Bertz CT molecular complexity index is 1250. The van der Waals surface area contributed by atoms with Crippen LogP contribution in [0, 0.1) is 5.92 Å². The third-order valence-corrected chi connectivity index (χ3v) is 9.84. The van der Waals surface area contributed by atoms with Crippen LogP contribution in [0.1, 0.15) is 41.6 Å². The van der Waals surface area contributed by atoms with E-state index in [1.54, 1.807) is 12.1 Å². The molecular formula is C24H24F3NO5S2. The number of halogens is 3. The van der Waals surface area contributed by atoms with Crippen molar-refractivity contribution in [2.45, 2.75) is 48.4 Å². The summed E-state index contributed by atoms with van der Waals surface area (Å²) in [5, 5.41) is 0. The molecule has 6 nitrogen and oxygen atoms in total. The molecule has 1 spiro atoms.